The lowest BCUT2D eigenvalue weighted by Crippen LogP contribution is -2.50. The highest BCUT2D eigenvalue weighted by molar-refractivity contribution is 5.98. The first-order valence-electron chi connectivity index (χ1n) is 6.69. The van der Waals surface area contributed by atoms with Crippen LogP contribution in [0.15, 0.2) is 17.3 Å². The van der Waals surface area contributed by atoms with Crippen molar-refractivity contribution in [3.63, 3.8) is 0 Å². The Hall–Kier alpha value is -2.18. The molecule has 0 bridgehead atoms. The number of hydrogen-bond acceptors (Lipinski definition) is 3. The summed E-state index contributed by atoms with van der Waals surface area (Å²) < 4.78 is 27.1. The van der Waals surface area contributed by atoms with Gasteiger partial charge in [-0.3, -0.25) is 4.79 Å². The highest BCUT2D eigenvalue weighted by Crippen LogP contribution is 2.22. The molecular formula is C14H17F2N3O2. The maximum atomic E-state index is 13.8. The van der Waals surface area contributed by atoms with E-state index >= 15 is 0 Å². The van der Waals surface area contributed by atoms with Crippen LogP contribution in [0.2, 0.25) is 0 Å². The third-order valence-electron chi connectivity index (χ3n) is 3.70. The maximum absolute atomic E-state index is 13.8. The van der Waals surface area contributed by atoms with Crippen molar-refractivity contribution in [2.75, 3.05) is 6.54 Å². The molecule has 1 unspecified atom stereocenters. The normalized spacial score (nSPS) is 19.7. The van der Waals surface area contributed by atoms with Gasteiger partial charge >= 0.3 is 0 Å². The van der Waals surface area contributed by atoms with Crippen LogP contribution in [0.4, 0.5) is 8.78 Å². The third-order valence-corrected chi connectivity index (χ3v) is 3.70. The van der Waals surface area contributed by atoms with E-state index in [1.165, 1.54) is 17.9 Å². The second kappa shape index (κ2) is 6.07. The minimum absolute atomic E-state index is 0.0812. The van der Waals surface area contributed by atoms with Crippen LogP contribution in [0.3, 0.4) is 0 Å². The Morgan fingerprint density at radius 1 is 1.38 bits per heavy atom. The molecule has 3 N–H and O–H groups in total. The fourth-order valence-corrected chi connectivity index (χ4v) is 2.52. The lowest BCUT2D eigenvalue weighted by Gasteiger charge is -2.35. The Bertz CT molecular complexity index is 590. The fraction of sp³-hybridized carbons (Fsp3) is 0.429. The van der Waals surface area contributed by atoms with E-state index in [1.807, 2.05) is 0 Å². The van der Waals surface area contributed by atoms with Crippen LogP contribution in [-0.2, 0) is 0 Å². The van der Waals surface area contributed by atoms with Gasteiger partial charge in [0, 0.05) is 12.6 Å². The molecule has 2 rings (SSSR count). The van der Waals surface area contributed by atoms with Gasteiger partial charge in [0.25, 0.3) is 5.91 Å². The number of nitrogens with two attached hydrogens (primary N) is 1. The number of piperidine rings is 1. The number of carbonyl (C=O) groups excluding carboxylic acids is 1. The van der Waals surface area contributed by atoms with Gasteiger partial charge in [0.1, 0.15) is 11.6 Å². The van der Waals surface area contributed by atoms with E-state index in [4.69, 9.17) is 10.9 Å². The molecule has 7 heteroatoms. The van der Waals surface area contributed by atoms with Gasteiger partial charge in [-0.05, 0) is 37.8 Å². The monoisotopic (exact) mass is 297 g/mol. The number of rotatable bonds is 2. The van der Waals surface area contributed by atoms with Gasteiger partial charge in [-0.2, -0.15) is 0 Å². The molecule has 1 heterocycles. The summed E-state index contributed by atoms with van der Waals surface area (Å²) in [5, 5.41) is 11.7. The molecule has 1 saturated heterocycles. The number of oxime groups is 1. The number of amides is 1. The average molecular weight is 297 g/mol. The van der Waals surface area contributed by atoms with Crippen molar-refractivity contribution in [2.45, 2.75) is 32.2 Å². The Balaban J connectivity index is 2.35. The summed E-state index contributed by atoms with van der Waals surface area (Å²) in [6.07, 6.45) is 2.13. The van der Waals surface area contributed by atoms with Crippen LogP contribution in [0.25, 0.3) is 0 Å². The molecule has 1 aliphatic rings. The van der Waals surface area contributed by atoms with Gasteiger partial charge in [-0.1, -0.05) is 5.16 Å². The molecule has 1 aromatic carbocycles. The minimum atomic E-state index is -0.910. The number of amidine groups is 1. The van der Waals surface area contributed by atoms with E-state index in [0.29, 0.717) is 19.0 Å². The predicted octanol–water partition coefficient (Wildman–Crippen LogP) is 2.01. The fourth-order valence-electron chi connectivity index (χ4n) is 2.52. The second-order valence-electron chi connectivity index (χ2n) is 5.12. The van der Waals surface area contributed by atoms with Crippen molar-refractivity contribution in [3.8, 4) is 0 Å². The first kappa shape index (κ1) is 15.2. The van der Waals surface area contributed by atoms with Crippen LogP contribution >= 0.6 is 0 Å². The van der Waals surface area contributed by atoms with Crippen molar-refractivity contribution in [3.05, 3.63) is 34.9 Å². The number of benzene rings is 1. The molecule has 1 amide bonds. The Morgan fingerprint density at radius 2 is 2.10 bits per heavy atom. The summed E-state index contributed by atoms with van der Waals surface area (Å²) in [4.78, 5) is 13.9. The summed E-state index contributed by atoms with van der Waals surface area (Å²) in [7, 11) is 0. The molecular weight excluding hydrogens is 280 g/mol. The summed E-state index contributed by atoms with van der Waals surface area (Å²) in [5.74, 6) is -2.27. The van der Waals surface area contributed by atoms with Crippen LogP contribution in [0.5, 0.6) is 0 Å². The molecule has 0 aromatic heterocycles. The van der Waals surface area contributed by atoms with Gasteiger partial charge in [0.05, 0.1) is 11.6 Å². The molecule has 0 saturated carbocycles. The summed E-state index contributed by atoms with van der Waals surface area (Å²) in [6, 6.07) is 1.32. The van der Waals surface area contributed by atoms with Crippen LogP contribution in [-0.4, -0.2) is 34.4 Å². The van der Waals surface area contributed by atoms with E-state index in [-0.39, 0.29) is 17.0 Å². The van der Waals surface area contributed by atoms with E-state index in [9.17, 15) is 13.6 Å². The van der Waals surface area contributed by atoms with Crippen molar-refractivity contribution in [1.82, 2.24) is 4.90 Å². The molecule has 114 valence electrons. The Labute approximate surface area is 121 Å². The number of likely N-dealkylation sites (tertiary alicyclic amines) is 1. The zero-order valence-corrected chi connectivity index (χ0v) is 11.6. The van der Waals surface area contributed by atoms with Gasteiger partial charge < -0.3 is 15.8 Å². The highest BCUT2D eigenvalue weighted by atomic mass is 19.1. The third kappa shape index (κ3) is 2.96. The summed E-state index contributed by atoms with van der Waals surface area (Å²) in [6.45, 7) is 1.85. The predicted molar refractivity (Wildman–Crippen MR) is 73.2 cm³/mol. The summed E-state index contributed by atoms with van der Waals surface area (Å²) in [5.41, 5.74) is 5.59. The lowest BCUT2D eigenvalue weighted by atomic mass is 9.99. The van der Waals surface area contributed by atoms with Gasteiger partial charge in [0.2, 0.25) is 0 Å². The van der Waals surface area contributed by atoms with E-state index in [0.717, 1.165) is 12.8 Å². The molecule has 0 radical (unpaired) electrons. The summed E-state index contributed by atoms with van der Waals surface area (Å²) >= 11 is 0. The molecule has 1 atom stereocenters. The number of nitrogens with zero attached hydrogens (tertiary/aromatic N) is 2. The van der Waals surface area contributed by atoms with Gasteiger partial charge in [-0.15, -0.1) is 0 Å². The number of aryl methyl sites for hydroxylation is 1. The van der Waals surface area contributed by atoms with Gasteiger partial charge in [0.15, 0.2) is 5.84 Å². The van der Waals surface area contributed by atoms with Gasteiger partial charge in [-0.25, -0.2) is 8.78 Å². The molecule has 21 heavy (non-hydrogen) atoms. The zero-order valence-electron chi connectivity index (χ0n) is 11.6. The first-order valence-corrected chi connectivity index (χ1v) is 6.69. The number of hydrogen-bond donors (Lipinski definition) is 2. The second-order valence-corrected chi connectivity index (χ2v) is 5.12. The van der Waals surface area contributed by atoms with E-state index in [1.54, 1.807) is 0 Å². The quantitative estimate of drug-likeness (QED) is 0.379. The molecule has 1 fully saturated rings. The largest absolute Gasteiger partial charge is 0.409 e. The Kier molecular flexibility index (Phi) is 4.40. The molecule has 1 aliphatic heterocycles. The lowest BCUT2D eigenvalue weighted by molar-refractivity contribution is 0.0671. The molecule has 0 aliphatic carbocycles. The SMILES string of the molecule is Cc1cc(C(=O)N2CCCCC2/C(N)=N/O)c(F)cc1F. The first-order chi connectivity index (χ1) is 9.95. The van der Waals surface area contributed by atoms with Crippen molar-refractivity contribution in [1.29, 1.82) is 0 Å². The van der Waals surface area contributed by atoms with E-state index in [2.05, 4.69) is 5.16 Å². The highest BCUT2D eigenvalue weighted by Gasteiger charge is 2.31. The minimum Gasteiger partial charge on any atom is -0.409 e. The van der Waals surface area contributed by atoms with Crippen LogP contribution in [0.1, 0.15) is 35.2 Å². The zero-order chi connectivity index (χ0) is 15.6. The maximum Gasteiger partial charge on any atom is 0.257 e. The smallest absolute Gasteiger partial charge is 0.257 e. The van der Waals surface area contributed by atoms with Crippen molar-refractivity contribution in [2.24, 2.45) is 10.9 Å². The van der Waals surface area contributed by atoms with Crippen LogP contribution in [0, 0.1) is 18.6 Å². The Morgan fingerprint density at radius 3 is 2.76 bits per heavy atom. The van der Waals surface area contributed by atoms with Crippen LogP contribution < -0.4 is 5.73 Å². The average Bonchev–Trinajstić information content (AvgIpc) is 2.49. The molecule has 0 spiro atoms. The van der Waals surface area contributed by atoms with Crippen molar-refractivity contribution < 1.29 is 18.8 Å². The topological polar surface area (TPSA) is 78.9 Å². The number of carbonyl (C=O) groups is 1. The number of halogens is 2. The standard InChI is InChI=1S/C14H17F2N3O2/c1-8-6-9(11(16)7-10(8)15)14(20)19-5-3-2-4-12(19)13(17)18-21/h6-7,12,21H,2-5H2,1H3,(H2,17,18). The molecule has 1 aromatic rings. The van der Waals surface area contributed by atoms with E-state index < -0.39 is 23.6 Å². The molecule has 5 nitrogen and oxygen atoms in total. The van der Waals surface area contributed by atoms with Crippen molar-refractivity contribution >= 4 is 11.7 Å².